The van der Waals surface area contributed by atoms with Crippen molar-refractivity contribution in [1.82, 2.24) is 0 Å². The Bertz CT molecular complexity index is 451. The molecule has 0 radical (unpaired) electrons. The van der Waals surface area contributed by atoms with Crippen molar-refractivity contribution >= 4 is 33.2 Å². The van der Waals surface area contributed by atoms with Gasteiger partial charge in [0.15, 0.2) is 0 Å². The molecule has 3 nitrogen and oxygen atoms in total. The van der Waals surface area contributed by atoms with Crippen molar-refractivity contribution in [1.29, 1.82) is 0 Å². The van der Waals surface area contributed by atoms with Gasteiger partial charge in [0.1, 0.15) is 0 Å². The average molecular weight is 295 g/mol. The molecule has 4 heteroatoms. The maximum absolute atomic E-state index is 11.9. The highest BCUT2D eigenvalue weighted by atomic mass is 79.9. The minimum atomic E-state index is 0.0583. The summed E-state index contributed by atoms with van der Waals surface area (Å²) in [5.74, 6) is 0.592. The van der Waals surface area contributed by atoms with Crippen molar-refractivity contribution in [3.05, 3.63) is 28.7 Å². The second-order valence-electron chi connectivity index (χ2n) is 4.62. The number of hydrazone groups is 1. The minimum Gasteiger partial charge on any atom is -0.272 e. The molecule has 0 saturated carbocycles. The van der Waals surface area contributed by atoms with E-state index in [1.165, 1.54) is 5.01 Å². The predicted octanol–water partition coefficient (Wildman–Crippen LogP) is 3.59. The highest BCUT2D eigenvalue weighted by molar-refractivity contribution is 9.10. The fraction of sp³-hybridized carbons (Fsp3) is 0.385. The number of rotatable bonds is 3. The van der Waals surface area contributed by atoms with Gasteiger partial charge >= 0.3 is 0 Å². The molecular formula is C13H15BrN2O. The van der Waals surface area contributed by atoms with Crippen LogP contribution in [0.25, 0.3) is 0 Å². The Morgan fingerprint density at radius 2 is 2.00 bits per heavy atom. The van der Waals surface area contributed by atoms with Crippen LogP contribution in [0.4, 0.5) is 5.69 Å². The molecule has 0 aromatic heterocycles. The Morgan fingerprint density at radius 1 is 1.35 bits per heavy atom. The van der Waals surface area contributed by atoms with Gasteiger partial charge in [-0.1, -0.05) is 29.8 Å². The maximum atomic E-state index is 11.9. The van der Waals surface area contributed by atoms with Crippen LogP contribution in [0, 0.1) is 5.92 Å². The number of carbonyl (C=O) groups excluding carboxylic acids is 1. The van der Waals surface area contributed by atoms with Gasteiger partial charge in [0.2, 0.25) is 0 Å². The van der Waals surface area contributed by atoms with Gasteiger partial charge in [-0.15, -0.1) is 0 Å². The number of carbonyl (C=O) groups is 1. The number of benzene rings is 1. The third-order valence-electron chi connectivity index (χ3n) is 2.55. The molecule has 0 N–H and O–H groups in total. The van der Waals surface area contributed by atoms with Gasteiger partial charge in [-0.3, -0.25) is 4.79 Å². The summed E-state index contributed by atoms with van der Waals surface area (Å²) in [5, 5.41) is 5.90. The van der Waals surface area contributed by atoms with Crippen LogP contribution in [0.15, 0.2) is 33.8 Å². The van der Waals surface area contributed by atoms with Gasteiger partial charge in [0, 0.05) is 10.2 Å². The molecule has 1 aromatic rings. The normalized spacial score (nSPS) is 15.6. The average Bonchev–Trinajstić information content (AvgIpc) is 2.59. The summed E-state index contributed by atoms with van der Waals surface area (Å²) >= 11 is 3.37. The van der Waals surface area contributed by atoms with Gasteiger partial charge < -0.3 is 0 Å². The summed E-state index contributed by atoms with van der Waals surface area (Å²) in [4.78, 5) is 11.9. The molecule has 0 atom stereocenters. The van der Waals surface area contributed by atoms with E-state index in [-0.39, 0.29) is 5.91 Å². The molecule has 1 amide bonds. The number of anilines is 1. The highest BCUT2D eigenvalue weighted by Gasteiger charge is 2.25. The third kappa shape index (κ3) is 2.94. The first-order chi connectivity index (χ1) is 8.06. The molecule has 0 spiro atoms. The smallest absolute Gasteiger partial charge is 0.253 e. The minimum absolute atomic E-state index is 0.0583. The van der Waals surface area contributed by atoms with Crippen LogP contribution in [-0.2, 0) is 4.79 Å². The quantitative estimate of drug-likeness (QED) is 0.838. The Labute approximate surface area is 110 Å². The second kappa shape index (κ2) is 5.00. The first-order valence-electron chi connectivity index (χ1n) is 5.71. The number of hydrogen-bond donors (Lipinski definition) is 0. The van der Waals surface area contributed by atoms with Crippen LogP contribution >= 0.6 is 15.9 Å². The van der Waals surface area contributed by atoms with E-state index in [2.05, 4.69) is 34.9 Å². The van der Waals surface area contributed by atoms with Crippen LogP contribution in [-0.4, -0.2) is 11.6 Å². The van der Waals surface area contributed by atoms with Gasteiger partial charge in [0.05, 0.1) is 12.1 Å². The Morgan fingerprint density at radius 3 is 2.59 bits per heavy atom. The van der Waals surface area contributed by atoms with Crippen molar-refractivity contribution in [3.63, 3.8) is 0 Å². The lowest BCUT2D eigenvalue weighted by molar-refractivity contribution is -0.116. The number of amides is 1. The van der Waals surface area contributed by atoms with E-state index in [0.29, 0.717) is 12.3 Å². The molecule has 0 aliphatic carbocycles. The molecule has 17 heavy (non-hydrogen) atoms. The van der Waals surface area contributed by atoms with E-state index in [9.17, 15) is 4.79 Å². The summed E-state index contributed by atoms with van der Waals surface area (Å²) in [7, 11) is 0. The fourth-order valence-electron chi connectivity index (χ4n) is 1.85. The zero-order chi connectivity index (χ0) is 12.4. The van der Waals surface area contributed by atoms with Gasteiger partial charge in [-0.25, -0.2) is 5.01 Å². The fourth-order valence-corrected chi connectivity index (χ4v) is 2.11. The summed E-state index contributed by atoms with van der Waals surface area (Å²) in [6, 6.07) is 7.62. The van der Waals surface area contributed by atoms with Crippen LogP contribution in [0.1, 0.15) is 26.7 Å². The van der Waals surface area contributed by atoms with E-state index < -0.39 is 0 Å². The summed E-state index contributed by atoms with van der Waals surface area (Å²) in [6.07, 6.45) is 1.34. The molecule has 0 saturated heterocycles. The molecule has 2 rings (SSSR count). The van der Waals surface area contributed by atoms with Gasteiger partial charge in [-0.05, 0) is 36.6 Å². The Hall–Kier alpha value is -1.16. The maximum Gasteiger partial charge on any atom is 0.253 e. The highest BCUT2D eigenvalue weighted by Crippen LogP contribution is 2.24. The Kier molecular flexibility index (Phi) is 3.62. The first-order valence-corrected chi connectivity index (χ1v) is 6.50. The molecule has 1 heterocycles. The van der Waals surface area contributed by atoms with Crippen molar-refractivity contribution < 1.29 is 4.79 Å². The SMILES string of the molecule is CC(C)CC1=NN(c2ccc(Br)cc2)C(=O)C1. The number of hydrogen-bond acceptors (Lipinski definition) is 2. The lowest BCUT2D eigenvalue weighted by atomic mass is 10.1. The molecule has 1 aromatic carbocycles. The van der Waals surface area contributed by atoms with E-state index in [4.69, 9.17) is 0 Å². The summed E-state index contributed by atoms with van der Waals surface area (Å²) in [6.45, 7) is 4.27. The summed E-state index contributed by atoms with van der Waals surface area (Å²) < 4.78 is 0.999. The topological polar surface area (TPSA) is 32.7 Å². The molecular weight excluding hydrogens is 280 g/mol. The van der Waals surface area contributed by atoms with Gasteiger partial charge in [0.25, 0.3) is 5.91 Å². The van der Waals surface area contributed by atoms with Crippen LogP contribution in [0.5, 0.6) is 0 Å². The molecule has 0 bridgehead atoms. The lowest BCUT2D eigenvalue weighted by Gasteiger charge is -2.11. The van der Waals surface area contributed by atoms with Gasteiger partial charge in [-0.2, -0.15) is 5.10 Å². The van der Waals surface area contributed by atoms with Crippen LogP contribution in [0.3, 0.4) is 0 Å². The second-order valence-corrected chi connectivity index (χ2v) is 5.54. The summed E-state index contributed by atoms with van der Waals surface area (Å²) in [5.41, 5.74) is 1.81. The van der Waals surface area contributed by atoms with E-state index in [1.807, 2.05) is 24.3 Å². The van der Waals surface area contributed by atoms with Crippen LogP contribution < -0.4 is 5.01 Å². The predicted molar refractivity (Wildman–Crippen MR) is 73.1 cm³/mol. The molecule has 1 aliphatic rings. The molecule has 1 aliphatic heterocycles. The Balaban J connectivity index is 2.18. The van der Waals surface area contributed by atoms with Crippen molar-refractivity contribution in [2.24, 2.45) is 11.0 Å². The molecule has 90 valence electrons. The number of nitrogens with zero attached hydrogens (tertiary/aromatic N) is 2. The van der Waals surface area contributed by atoms with Crippen molar-refractivity contribution in [2.75, 3.05) is 5.01 Å². The first kappa shape index (κ1) is 12.3. The monoisotopic (exact) mass is 294 g/mol. The van der Waals surface area contributed by atoms with E-state index in [1.54, 1.807) is 0 Å². The largest absolute Gasteiger partial charge is 0.272 e. The van der Waals surface area contributed by atoms with E-state index in [0.717, 1.165) is 22.3 Å². The van der Waals surface area contributed by atoms with Crippen molar-refractivity contribution in [2.45, 2.75) is 26.7 Å². The standard InChI is InChI=1S/C13H15BrN2O/c1-9(2)7-11-8-13(17)16(15-11)12-5-3-10(14)4-6-12/h3-6,9H,7-8H2,1-2H3. The zero-order valence-electron chi connectivity index (χ0n) is 9.98. The van der Waals surface area contributed by atoms with E-state index >= 15 is 0 Å². The third-order valence-corrected chi connectivity index (χ3v) is 3.08. The zero-order valence-corrected chi connectivity index (χ0v) is 11.6. The molecule has 0 fully saturated rings. The van der Waals surface area contributed by atoms with Crippen molar-refractivity contribution in [3.8, 4) is 0 Å². The van der Waals surface area contributed by atoms with Crippen LogP contribution in [0.2, 0.25) is 0 Å². The lowest BCUT2D eigenvalue weighted by Crippen LogP contribution is -2.19. The number of halogens is 1. The molecule has 0 unspecified atom stereocenters.